The number of amides is 1. The van der Waals surface area contributed by atoms with Crippen LogP contribution < -0.4 is 15.4 Å². The van der Waals surface area contributed by atoms with E-state index >= 15 is 0 Å². The van der Waals surface area contributed by atoms with E-state index in [0.717, 1.165) is 43.1 Å². The molecular weight excluding hydrogens is 330 g/mol. The number of carbonyl (C=O) groups is 1. The smallest absolute Gasteiger partial charge is 0.268 e. The van der Waals surface area contributed by atoms with Crippen LogP contribution in [0.3, 0.4) is 0 Å². The van der Waals surface area contributed by atoms with E-state index in [4.69, 9.17) is 4.74 Å². The second-order valence-corrected chi connectivity index (χ2v) is 7.29. The molecule has 0 saturated carbocycles. The zero-order valence-electron chi connectivity index (χ0n) is 15.5. The Morgan fingerprint density at radius 1 is 1.27 bits per heavy atom. The number of piperidine rings is 1. The Morgan fingerprint density at radius 3 is 2.77 bits per heavy atom. The van der Waals surface area contributed by atoms with Crippen LogP contribution in [0.4, 0.5) is 5.95 Å². The summed E-state index contributed by atoms with van der Waals surface area (Å²) in [7, 11) is 1.81. The standard InChI is InChI=1S/C19H25N5O2/c1-11-8-14-10-16(26-15(14)9-12(11)2)18(25)22-19-21-17(23-24(19)3)13-4-6-20-7-5-13/h8-9,13,16,20H,4-7,10H2,1-3H3,(H,21,22,23,25). The molecule has 0 bridgehead atoms. The molecule has 138 valence electrons. The van der Waals surface area contributed by atoms with Crippen molar-refractivity contribution in [2.75, 3.05) is 18.4 Å². The number of hydrogen-bond acceptors (Lipinski definition) is 5. The molecule has 2 N–H and O–H groups in total. The molecule has 1 aromatic heterocycles. The van der Waals surface area contributed by atoms with E-state index in [9.17, 15) is 4.79 Å². The molecule has 1 amide bonds. The third kappa shape index (κ3) is 3.19. The number of benzene rings is 1. The van der Waals surface area contributed by atoms with Gasteiger partial charge in [0.25, 0.3) is 5.91 Å². The summed E-state index contributed by atoms with van der Waals surface area (Å²) >= 11 is 0. The molecule has 7 nitrogen and oxygen atoms in total. The first-order valence-electron chi connectivity index (χ1n) is 9.20. The number of aromatic nitrogens is 3. The van der Waals surface area contributed by atoms with Crippen molar-refractivity contribution >= 4 is 11.9 Å². The van der Waals surface area contributed by atoms with Crippen LogP contribution in [0.25, 0.3) is 0 Å². The Balaban J connectivity index is 1.45. The van der Waals surface area contributed by atoms with Gasteiger partial charge in [-0.3, -0.25) is 10.1 Å². The third-order valence-corrected chi connectivity index (χ3v) is 5.36. The van der Waals surface area contributed by atoms with Gasteiger partial charge in [-0.2, -0.15) is 10.1 Å². The van der Waals surface area contributed by atoms with Crippen molar-refractivity contribution in [2.45, 2.75) is 45.1 Å². The van der Waals surface area contributed by atoms with Crippen LogP contribution in [0.15, 0.2) is 12.1 Å². The molecule has 0 aliphatic carbocycles. The minimum atomic E-state index is -0.523. The van der Waals surface area contributed by atoms with Gasteiger partial charge in [0.1, 0.15) is 5.75 Å². The Kier molecular flexibility index (Phi) is 4.40. The second-order valence-electron chi connectivity index (χ2n) is 7.29. The van der Waals surface area contributed by atoms with E-state index < -0.39 is 6.10 Å². The fraction of sp³-hybridized carbons (Fsp3) is 0.526. The predicted molar refractivity (Wildman–Crippen MR) is 98.5 cm³/mol. The van der Waals surface area contributed by atoms with Gasteiger partial charge < -0.3 is 10.1 Å². The molecule has 1 fully saturated rings. The van der Waals surface area contributed by atoms with Gasteiger partial charge in [0.05, 0.1) is 0 Å². The average molecular weight is 355 g/mol. The first-order valence-corrected chi connectivity index (χ1v) is 9.20. The van der Waals surface area contributed by atoms with Gasteiger partial charge in [0.2, 0.25) is 5.95 Å². The second kappa shape index (κ2) is 6.72. The molecule has 1 aromatic carbocycles. The number of rotatable bonds is 3. The van der Waals surface area contributed by atoms with E-state index in [1.165, 1.54) is 11.1 Å². The molecule has 4 rings (SSSR count). The van der Waals surface area contributed by atoms with Crippen LogP contribution in [0.1, 0.15) is 41.3 Å². The minimum absolute atomic E-state index is 0.177. The molecule has 2 aliphatic heterocycles. The molecule has 2 aromatic rings. The van der Waals surface area contributed by atoms with E-state index in [1.54, 1.807) is 4.68 Å². The van der Waals surface area contributed by atoms with Crippen molar-refractivity contribution in [3.05, 3.63) is 34.6 Å². The van der Waals surface area contributed by atoms with Crippen molar-refractivity contribution in [3.63, 3.8) is 0 Å². The van der Waals surface area contributed by atoms with Gasteiger partial charge in [0, 0.05) is 19.4 Å². The summed E-state index contributed by atoms with van der Waals surface area (Å²) in [6.45, 7) is 6.09. The largest absolute Gasteiger partial charge is 0.480 e. The molecule has 0 spiro atoms. The fourth-order valence-corrected chi connectivity index (χ4v) is 3.62. The maximum atomic E-state index is 12.7. The molecule has 1 saturated heterocycles. The number of nitrogens with one attached hydrogen (secondary N) is 2. The van der Waals surface area contributed by atoms with Crippen LogP contribution in [0.5, 0.6) is 5.75 Å². The summed E-state index contributed by atoms with van der Waals surface area (Å²) < 4.78 is 7.51. The molecule has 3 heterocycles. The van der Waals surface area contributed by atoms with Crippen LogP contribution in [0.2, 0.25) is 0 Å². The lowest BCUT2D eigenvalue weighted by Gasteiger charge is -2.19. The molecule has 2 aliphatic rings. The fourth-order valence-electron chi connectivity index (χ4n) is 3.62. The zero-order chi connectivity index (χ0) is 18.3. The maximum absolute atomic E-state index is 12.7. The monoisotopic (exact) mass is 355 g/mol. The number of anilines is 1. The van der Waals surface area contributed by atoms with Gasteiger partial charge in [-0.25, -0.2) is 4.68 Å². The van der Waals surface area contributed by atoms with Gasteiger partial charge in [0.15, 0.2) is 11.9 Å². The summed E-state index contributed by atoms with van der Waals surface area (Å²) in [6, 6.07) is 4.12. The van der Waals surface area contributed by atoms with Crippen molar-refractivity contribution in [1.29, 1.82) is 0 Å². The van der Waals surface area contributed by atoms with E-state index in [2.05, 4.69) is 33.7 Å². The topological polar surface area (TPSA) is 81.1 Å². The number of aryl methyl sites for hydroxylation is 3. The summed E-state index contributed by atoms with van der Waals surface area (Å²) in [5, 5.41) is 10.7. The van der Waals surface area contributed by atoms with Crippen molar-refractivity contribution in [3.8, 4) is 5.75 Å². The van der Waals surface area contributed by atoms with Gasteiger partial charge >= 0.3 is 0 Å². The normalized spacial score (nSPS) is 19.9. The Morgan fingerprint density at radius 2 is 2.00 bits per heavy atom. The summed E-state index contributed by atoms with van der Waals surface area (Å²) in [6.07, 6.45) is 2.11. The quantitative estimate of drug-likeness (QED) is 0.878. The first kappa shape index (κ1) is 17.0. The van der Waals surface area contributed by atoms with E-state index in [1.807, 2.05) is 20.0 Å². The number of nitrogens with zero attached hydrogens (tertiary/aromatic N) is 3. The Labute approximate surface area is 153 Å². The number of carbonyl (C=O) groups excluding carboxylic acids is 1. The first-order chi connectivity index (χ1) is 12.5. The van der Waals surface area contributed by atoms with E-state index in [-0.39, 0.29) is 5.91 Å². The molecular formula is C19H25N5O2. The van der Waals surface area contributed by atoms with Crippen molar-refractivity contribution in [2.24, 2.45) is 7.05 Å². The highest BCUT2D eigenvalue weighted by molar-refractivity contribution is 5.93. The lowest BCUT2D eigenvalue weighted by molar-refractivity contribution is -0.122. The highest BCUT2D eigenvalue weighted by atomic mass is 16.5. The molecule has 7 heteroatoms. The third-order valence-electron chi connectivity index (χ3n) is 5.36. The lowest BCUT2D eigenvalue weighted by Crippen LogP contribution is -2.32. The highest BCUT2D eigenvalue weighted by Gasteiger charge is 2.31. The highest BCUT2D eigenvalue weighted by Crippen LogP contribution is 2.32. The van der Waals surface area contributed by atoms with Crippen LogP contribution >= 0.6 is 0 Å². The maximum Gasteiger partial charge on any atom is 0.268 e. The van der Waals surface area contributed by atoms with Crippen molar-refractivity contribution in [1.82, 2.24) is 20.1 Å². The predicted octanol–water partition coefficient (Wildman–Crippen LogP) is 1.84. The summed E-state index contributed by atoms with van der Waals surface area (Å²) in [5.74, 6) is 2.28. The van der Waals surface area contributed by atoms with Gasteiger partial charge in [-0.15, -0.1) is 0 Å². The number of ether oxygens (including phenoxy) is 1. The zero-order valence-corrected chi connectivity index (χ0v) is 15.5. The van der Waals surface area contributed by atoms with Crippen molar-refractivity contribution < 1.29 is 9.53 Å². The molecule has 26 heavy (non-hydrogen) atoms. The SMILES string of the molecule is Cc1cc2c(cc1C)OC(C(=O)Nc1nc(C3CCNCC3)nn1C)C2. The lowest BCUT2D eigenvalue weighted by atomic mass is 9.98. The minimum Gasteiger partial charge on any atom is -0.480 e. The Bertz CT molecular complexity index is 808. The van der Waals surface area contributed by atoms with Crippen LogP contribution in [-0.4, -0.2) is 39.9 Å². The number of fused-ring (bicyclic) bond motifs is 1. The molecule has 1 unspecified atom stereocenters. The van der Waals surface area contributed by atoms with Crippen LogP contribution in [0, 0.1) is 13.8 Å². The molecule has 1 atom stereocenters. The van der Waals surface area contributed by atoms with Gasteiger partial charge in [-0.05, 0) is 62.5 Å². The average Bonchev–Trinajstić information content (AvgIpc) is 3.20. The molecule has 0 radical (unpaired) electrons. The Hall–Kier alpha value is -2.41. The van der Waals surface area contributed by atoms with Crippen LogP contribution in [-0.2, 0) is 18.3 Å². The van der Waals surface area contributed by atoms with E-state index in [0.29, 0.717) is 18.3 Å². The number of hydrogen-bond donors (Lipinski definition) is 2. The summed E-state index contributed by atoms with van der Waals surface area (Å²) in [4.78, 5) is 17.2. The van der Waals surface area contributed by atoms with Gasteiger partial charge in [-0.1, -0.05) is 6.07 Å². The summed E-state index contributed by atoms with van der Waals surface area (Å²) in [5.41, 5.74) is 3.47.